The molecule has 1 unspecified atom stereocenters. The van der Waals surface area contributed by atoms with E-state index in [4.69, 9.17) is 4.74 Å². The molecule has 0 N–H and O–H groups in total. The molecular weight excluding hydrogens is 366 g/mol. The fourth-order valence-electron chi connectivity index (χ4n) is 4.12. The summed E-state index contributed by atoms with van der Waals surface area (Å²) in [6, 6.07) is 18.0. The van der Waals surface area contributed by atoms with Crippen LogP contribution in [-0.4, -0.2) is 61.4 Å². The summed E-state index contributed by atoms with van der Waals surface area (Å²) < 4.78 is 5.18. The lowest BCUT2D eigenvalue weighted by molar-refractivity contribution is -0.136. The number of para-hydroxylation sites is 1. The van der Waals surface area contributed by atoms with Crippen molar-refractivity contribution >= 4 is 17.5 Å². The first-order valence-electron chi connectivity index (χ1n) is 10.1. The van der Waals surface area contributed by atoms with Crippen molar-refractivity contribution in [1.82, 2.24) is 9.80 Å². The van der Waals surface area contributed by atoms with Crippen LogP contribution in [0.4, 0.5) is 5.69 Å². The van der Waals surface area contributed by atoms with Crippen LogP contribution in [0.15, 0.2) is 54.6 Å². The van der Waals surface area contributed by atoms with Crippen LogP contribution >= 0.6 is 0 Å². The Morgan fingerprint density at radius 1 is 1.00 bits per heavy atom. The summed E-state index contributed by atoms with van der Waals surface area (Å²) in [4.78, 5) is 31.5. The third kappa shape index (κ3) is 4.36. The zero-order valence-electron chi connectivity index (χ0n) is 16.8. The highest BCUT2D eigenvalue weighted by atomic mass is 16.5. The highest BCUT2D eigenvalue weighted by Crippen LogP contribution is 2.24. The van der Waals surface area contributed by atoms with E-state index in [0.29, 0.717) is 32.6 Å². The van der Waals surface area contributed by atoms with E-state index < -0.39 is 0 Å². The third-order valence-electron chi connectivity index (χ3n) is 5.81. The van der Waals surface area contributed by atoms with Crippen molar-refractivity contribution in [3.8, 4) is 5.75 Å². The SMILES string of the molecule is COc1ccc(CN2CC(C(=O)N3CCN(c4ccccc4)CC3)CC2=O)cc1. The Hall–Kier alpha value is -3.02. The number of rotatable bonds is 5. The van der Waals surface area contributed by atoms with E-state index in [9.17, 15) is 9.59 Å². The van der Waals surface area contributed by atoms with E-state index in [-0.39, 0.29) is 17.7 Å². The standard InChI is InChI=1S/C23H27N3O3/c1-29-21-9-7-18(8-10-21)16-26-17-19(15-22(26)27)23(28)25-13-11-24(12-14-25)20-5-3-2-4-6-20/h2-10,19H,11-17H2,1H3. The van der Waals surface area contributed by atoms with Gasteiger partial charge >= 0.3 is 0 Å². The summed E-state index contributed by atoms with van der Waals surface area (Å²) in [6.45, 7) is 4.10. The first-order chi connectivity index (χ1) is 14.1. The largest absolute Gasteiger partial charge is 0.497 e. The van der Waals surface area contributed by atoms with Gasteiger partial charge in [-0.2, -0.15) is 0 Å². The van der Waals surface area contributed by atoms with E-state index in [2.05, 4.69) is 17.0 Å². The van der Waals surface area contributed by atoms with Crippen LogP contribution in [0.3, 0.4) is 0 Å². The number of methoxy groups -OCH3 is 1. The summed E-state index contributed by atoms with van der Waals surface area (Å²) in [5.41, 5.74) is 2.24. The lowest BCUT2D eigenvalue weighted by Crippen LogP contribution is -2.50. The average Bonchev–Trinajstić information content (AvgIpc) is 3.14. The molecule has 2 amide bonds. The number of amides is 2. The molecule has 2 aromatic rings. The van der Waals surface area contributed by atoms with Gasteiger partial charge in [-0.15, -0.1) is 0 Å². The van der Waals surface area contributed by atoms with Crippen molar-refractivity contribution < 1.29 is 14.3 Å². The highest BCUT2D eigenvalue weighted by molar-refractivity contribution is 5.89. The van der Waals surface area contributed by atoms with Gasteiger partial charge in [0, 0.05) is 51.4 Å². The molecule has 1 atom stereocenters. The molecule has 2 heterocycles. The molecule has 2 saturated heterocycles. The van der Waals surface area contributed by atoms with Crippen LogP contribution in [0, 0.1) is 5.92 Å². The number of ether oxygens (including phenoxy) is 1. The average molecular weight is 393 g/mol. The predicted octanol–water partition coefficient (Wildman–Crippen LogP) is 2.39. The maximum Gasteiger partial charge on any atom is 0.228 e. The van der Waals surface area contributed by atoms with E-state index in [1.807, 2.05) is 47.4 Å². The summed E-state index contributed by atoms with van der Waals surface area (Å²) >= 11 is 0. The van der Waals surface area contributed by atoms with E-state index in [0.717, 1.165) is 24.4 Å². The van der Waals surface area contributed by atoms with Gasteiger partial charge in [-0.3, -0.25) is 9.59 Å². The maximum absolute atomic E-state index is 13.0. The quantitative estimate of drug-likeness (QED) is 0.783. The van der Waals surface area contributed by atoms with Crippen LogP contribution in [-0.2, 0) is 16.1 Å². The van der Waals surface area contributed by atoms with E-state index >= 15 is 0 Å². The van der Waals surface area contributed by atoms with Crippen molar-refractivity contribution in [2.75, 3.05) is 44.7 Å². The molecule has 0 spiro atoms. The zero-order chi connectivity index (χ0) is 20.2. The number of nitrogens with zero attached hydrogens (tertiary/aromatic N) is 3. The van der Waals surface area contributed by atoms with Gasteiger partial charge in [-0.25, -0.2) is 0 Å². The number of hydrogen-bond acceptors (Lipinski definition) is 4. The second-order valence-electron chi connectivity index (χ2n) is 7.67. The summed E-state index contributed by atoms with van der Waals surface area (Å²) in [5, 5.41) is 0. The lowest BCUT2D eigenvalue weighted by Gasteiger charge is -2.37. The molecule has 29 heavy (non-hydrogen) atoms. The molecule has 2 aliphatic rings. The molecular formula is C23H27N3O3. The Morgan fingerprint density at radius 3 is 2.34 bits per heavy atom. The van der Waals surface area contributed by atoms with Crippen LogP contribution < -0.4 is 9.64 Å². The number of anilines is 1. The second kappa shape index (κ2) is 8.55. The minimum Gasteiger partial charge on any atom is -0.497 e. The molecule has 0 aromatic heterocycles. The molecule has 6 nitrogen and oxygen atoms in total. The molecule has 4 rings (SSSR count). The van der Waals surface area contributed by atoms with Gasteiger partial charge in [0.05, 0.1) is 13.0 Å². The van der Waals surface area contributed by atoms with Gasteiger partial charge in [0.1, 0.15) is 5.75 Å². The Kier molecular flexibility index (Phi) is 5.69. The monoisotopic (exact) mass is 393 g/mol. The summed E-state index contributed by atoms with van der Waals surface area (Å²) in [7, 11) is 1.63. The molecule has 0 bridgehead atoms. The van der Waals surface area contributed by atoms with Gasteiger partial charge < -0.3 is 19.4 Å². The van der Waals surface area contributed by atoms with Gasteiger partial charge in [0.15, 0.2) is 0 Å². The van der Waals surface area contributed by atoms with Gasteiger partial charge in [-0.1, -0.05) is 30.3 Å². The summed E-state index contributed by atoms with van der Waals surface area (Å²) in [6.07, 6.45) is 0.313. The fourth-order valence-corrected chi connectivity index (χ4v) is 4.12. The Morgan fingerprint density at radius 2 is 1.69 bits per heavy atom. The molecule has 2 aromatic carbocycles. The van der Waals surface area contributed by atoms with E-state index in [1.54, 1.807) is 12.0 Å². The summed E-state index contributed by atoms with van der Waals surface area (Å²) in [5.74, 6) is 0.735. The number of benzene rings is 2. The topological polar surface area (TPSA) is 53.1 Å². The van der Waals surface area contributed by atoms with Crippen LogP contribution in [0.5, 0.6) is 5.75 Å². The van der Waals surface area contributed by atoms with Crippen molar-refractivity contribution in [2.45, 2.75) is 13.0 Å². The molecule has 152 valence electrons. The zero-order valence-corrected chi connectivity index (χ0v) is 16.8. The van der Waals surface area contributed by atoms with Crippen molar-refractivity contribution in [3.05, 3.63) is 60.2 Å². The molecule has 0 saturated carbocycles. The maximum atomic E-state index is 13.0. The van der Waals surface area contributed by atoms with Crippen LogP contribution in [0.2, 0.25) is 0 Å². The minimum atomic E-state index is -0.232. The van der Waals surface area contributed by atoms with Crippen molar-refractivity contribution in [2.24, 2.45) is 5.92 Å². The van der Waals surface area contributed by atoms with Crippen LogP contribution in [0.1, 0.15) is 12.0 Å². The second-order valence-corrected chi connectivity index (χ2v) is 7.67. The van der Waals surface area contributed by atoms with Crippen LogP contribution in [0.25, 0.3) is 0 Å². The van der Waals surface area contributed by atoms with Crippen molar-refractivity contribution in [1.29, 1.82) is 0 Å². The smallest absolute Gasteiger partial charge is 0.228 e. The first-order valence-corrected chi connectivity index (χ1v) is 10.1. The number of carbonyl (C=O) groups is 2. The molecule has 0 radical (unpaired) electrons. The molecule has 2 aliphatic heterocycles. The molecule has 0 aliphatic carbocycles. The number of hydrogen-bond donors (Lipinski definition) is 0. The van der Waals surface area contributed by atoms with Gasteiger partial charge in [0.25, 0.3) is 0 Å². The molecule has 2 fully saturated rings. The van der Waals surface area contributed by atoms with Gasteiger partial charge in [-0.05, 0) is 29.8 Å². The predicted molar refractivity (Wildman–Crippen MR) is 112 cm³/mol. The number of likely N-dealkylation sites (tertiary alicyclic amines) is 1. The number of piperazine rings is 1. The Bertz CT molecular complexity index is 845. The number of carbonyl (C=O) groups excluding carboxylic acids is 2. The van der Waals surface area contributed by atoms with Crippen molar-refractivity contribution in [3.63, 3.8) is 0 Å². The minimum absolute atomic E-state index is 0.0575. The Labute approximate surface area is 171 Å². The highest BCUT2D eigenvalue weighted by Gasteiger charge is 2.37. The normalized spacial score (nSPS) is 19.6. The molecule has 6 heteroatoms. The third-order valence-corrected chi connectivity index (χ3v) is 5.81. The fraction of sp³-hybridized carbons (Fsp3) is 0.391. The first kappa shape index (κ1) is 19.3. The van der Waals surface area contributed by atoms with E-state index in [1.165, 1.54) is 5.69 Å². The van der Waals surface area contributed by atoms with Gasteiger partial charge in [0.2, 0.25) is 11.8 Å². The Balaban J connectivity index is 1.31. The lowest BCUT2D eigenvalue weighted by atomic mass is 10.1.